The van der Waals surface area contributed by atoms with E-state index in [-0.39, 0.29) is 5.57 Å². The molecule has 30 heavy (non-hydrogen) atoms. The predicted molar refractivity (Wildman–Crippen MR) is 119 cm³/mol. The molecule has 0 radical (unpaired) electrons. The van der Waals surface area contributed by atoms with Crippen molar-refractivity contribution >= 4 is 51.3 Å². The number of fused-ring (bicyclic) bond motifs is 1. The molecular weight excluding hydrogens is 422 g/mol. The van der Waals surface area contributed by atoms with Crippen molar-refractivity contribution in [2.75, 3.05) is 36.5 Å². The normalized spacial score (nSPS) is 14.7. The topological polar surface area (TPSA) is 82.7 Å². The van der Waals surface area contributed by atoms with Crippen molar-refractivity contribution in [1.29, 1.82) is 5.26 Å². The van der Waals surface area contributed by atoms with E-state index in [1.165, 1.54) is 0 Å². The highest BCUT2D eigenvalue weighted by atomic mass is 35.5. The summed E-state index contributed by atoms with van der Waals surface area (Å²) in [6.45, 7) is 6.53. The van der Waals surface area contributed by atoms with Gasteiger partial charge < -0.3 is 15.0 Å². The molecule has 0 aliphatic carbocycles. The van der Waals surface area contributed by atoms with Gasteiger partial charge in [0, 0.05) is 29.2 Å². The van der Waals surface area contributed by atoms with Crippen LogP contribution in [0.2, 0.25) is 5.02 Å². The van der Waals surface area contributed by atoms with Crippen LogP contribution in [0, 0.1) is 25.2 Å². The lowest BCUT2D eigenvalue weighted by Crippen LogP contribution is -2.36. The minimum Gasteiger partial charge on any atom is -0.378 e. The molecular formula is C21H20ClN5O2S. The first-order chi connectivity index (χ1) is 14.5. The molecule has 2 aromatic heterocycles. The molecule has 3 aromatic rings. The molecule has 0 spiro atoms. The number of morpholine rings is 1. The summed E-state index contributed by atoms with van der Waals surface area (Å²) in [5.74, 6) is -0.490. The number of benzene rings is 1. The highest BCUT2D eigenvalue weighted by molar-refractivity contribution is 7.17. The second-order valence-corrected chi connectivity index (χ2v) is 8.61. The van der Waals surface area contributed by atoms with Crippen LogP contribution in [-0.4, -0.2) is 41.6 Å². The highest BCUT2D eigenvalue weighted by Crippen LogP contribution is 2.30. The molecule has 1 aromatic carbocycles. The predicted octanol–water partition coefficient (Wildman–Crippen LogP) is 4.05. The average molecular weight is 442 g/mol. The number of halogens is 1. The Balaban J connectivity index is 1.65. The van der Waals surface area contributed by atoms with Gasteiger partial charge in [0.1, 0.15) is 11.6 Å². The Morgan fingerprint density at radius 3 is 2.87 bits per heavy atom. The zero-order valence-corrected chi connectivity index (χ0v) is 18.2. The van der Waals surface area contributed by atoms with Crippen molar-refractivity contribution in [3.05, 3.63) is 51.3 Å². The molecule has 0 unspecified atom stereocenters. The summed E-state index contributed by atoms with van der Waals surface area (Å²) in [7, 11) is 0. The molecule has 1 saturated heterocycles. The highest BCUT2D eigenvalue weighted by Gasteiger charge is 2.19. The molecule has 1 N–H and O–H groups in total. The molecule has 1 amide bonds. The Morgan fingerprint density at radius 1 is 1.37 bits per heavy atom. The van der Waals surface area contributed by atoms with Crippen molar-refractivity contribution in [1.82, 2.24) is 9.38 Å². The number of amides is 1. The minimum absolute atomic E-state index is 0.00310. The lowest BCUT2D eigenvalue weighted by molar-refractivity contribution is -0.112. The molecule has 1 aliphatic rings. The lowest BCUT2D eigenvalue weighted by Gasteiger charge is -2.30. The van der Waals surface area contributed by atoms with E-state index in [9.17, 15) is 10.1 Å². The monoisotopic (exact) mass is 441 g/mol. The Hall–Kier alpha value is -2.86. The third kappa shape index (κ3) is 4.05. The molecule has 4 rings (SSSR count). The van der Waals surface area contributed by atoms with Crippen LogP contribution in [0.3, 0.4) is 0 Å². The minimum atomic E-state index is -0.490. The smallest absolute Gasteiger partial charge is 0.266 e. The van der Waals surface area contributed by atoms with Crippen molar-refractivity contribution in [3.63, 3.8) is 0 Å². The van der Waals surface area contributed by atoms with Crippen molar-refractivity contribution in [3.8, 4) is 6.07 Å². The number of nitrogens with one attached hydrogen (secondary N) is 1. The summed E-state index contributed by atoms with van der Waals surface area (Å²) in [5, 5.41) is 13.0. The van der Waals surface area contributed by atoms with Crippen LogP contribution in [0.5, 0.6) is 0 Å². The van der Waals surface area contributed by atoms with Gasteiger partial charge in [-0.1, -0.05) is 11.6 Å². The first-order valence-electron chi connectivity index (χ1n) is 9.47. The number of carbonyl (C=O) groups excluding carboxylic acids is 1. The number of hydrogen-bond donors (Lipinski definition) is 1. The summed E-state index contributed by atoms with van der Waals surface area (Å²) < 4.78 is 7.31. The van der Waals surface area contributed by atoms with E-state index in [0.29, 0.717) is 23.9 Å². The van der Waals surface area contributed by atoms with Gasteiger partial charge in [-0.05, 0) is 38.1 Å². The number of carbonyl (C=O) groups is 1. The Kier molecular flexibility index (Phi) is 5.77. The van der Waals surface area contributed by atoms with Crippen LogP contribution in [0.4, 0.5) is 11.4 Å². The van der Waals surface area contributed by atoms with E-state index in [1.807, 2.05) is 36.6 Å². The molecule has 154 valence electrons. The van der Waals surface area contributed by atoms with E-state index < -0.39 is 5.91 Å². The third-order valence-corrected chi connectivity index (χ3v) is 6.00. The molecule has 3 heterocycles. The third-order valence-electron chi connectivity index (χ3n) is 4.87. The Morgan fingerprint density at radius 2 is 2.13 bits per heavy atom. The number of aromatic nitrogens is 2. The fraction of sp³-hybridized carbons (Fsp3) is 0.286. The lowest BCUT2D eigenvalue weighted by atomic mass is 10.1. The quantitative estimate of drug-likeness (QED) is 0.488. The summed E-state index contributed by atoms with van der Waals surface area (Å²) in [5.41, 5.74) is 2.90. The van der Waals surface area contributed by atoms with Crippen LogP contribution >= 0.6 is 22.9 Å². The Labute approximate surface area is 183 Å². The maximum absolute atomic E-state index is 13.0. The summed E-state index contributed by atoms with van der Waals surface area (Å²) >= 11 is 7.73. The number of aryl methyl sites for hydroxylation is 2. The molecule has 0 atom stereocenters. The largest absolute Gasteiger partial charge is 0.378 e. The number of rotatable bonds is 4. The van der Waals surface area contributed by atoms with Gasteiger partial charge in [0.2, 0.25) is 0 Å². The number of anilines is 2. The van der Waals surface area contributed by atoms with Crippen LogP contribution in [0.25, 0.3) is 11.0 Å². The summed E-state index contributed by atoms with van der Waals surface area (Å²) in [6, 6.07) is 7.37. The first-order valence-corrected chi connectivity index (χ1v) is 10.7. The van der Waals surface area contributed by atoms with E-state index >= 15 is 0 Å². The van der Waals surface area contributed by atoms with Crippen molar-refractivity contribution in [2.45, 2.75) is 13.8 Å². The van der Waals surface area contributed by atoms with E-state index in [4.69, 9.17) is 16.3 Å². The summed E-state index contributed by atoms with van der Waals surface area (Å²) in [6.07, 6.45) is 3.53. The zero-order valence-electron chi connectivity index (χ0n) is 16.6. The van der Waals surface area contributed by atoms with Gasteiger partial charge in [-0.25, -0.2) is 4.98 Å². The van der Waals surface area contributed by atoms with Gasteiger partial charge in [-0.2, -0.15) is 5.26 Å². The van der Waals surface area contributed by atoms with Gasteiger partial charge in [0.05, 0.1) is 36.0 Å². The molecule has 0 saturated carbocycles. The van der Waals surface area contributed by atoms with Gasteiger partial charge in [-0.3, -0.25) is 9.20 Å². The number of ether oxygens (including phenoxy) is 1. The second-order valence-electron chi connectivity index (χ2n) is 6.96. The molecule has 7 nitrogen and oxygen atoms in total. The second kappa shape index (κ2) is 8.48. The van der Waals surface area contributed by atoms with Gasteiger partial charge in [0.15, 0.2) is 4.96 Å². The van der Waals surface area contributed by atoms with E-state index in [0.717, 1.165) is 40.0 Å². The van der Waals surface area contributed by atoms with Gasteiger partial charge in [0.25, 0.3) is 5.91 Å². The van der Waals surface area contributed by atoms with Crippen molar-refractivity contribution in [2.24, 2.45) is 0 Å². The van der Waals surface area contributed by atoms with Crippen LogP contribution in [-0.2, 0) is 9.53 Å². The number of nitriles is 1. The maximum atomic E-state index is 13.0. The molecule has 1 fully saturated rings. The first kappa shape index (κ1) is 20.4. The number of imidazole rings is 1. The average Bonchev–Trinajstić information content (AvgIpc) is 3.21. The van der Waals surface area contributed by atoms with E-state index in [2.05, 4.69) is 15.2 Å². The number of hydrogen-bond acceptors (Lipinski definition) is 6. The number of nitrogens with zero attached hydrogens (tertiary/aromatic N) is 4. The Bertz CT molecular complexity index is 1180. The molecule has 1 aliphatic heterocycles. The van der Waals surface area contributed by atoms with Gasteiger partial charge in [-0.15, -0.1) is 11.3 Å². The summed E-state index contributed by atoms with van der Waals surface area (Å²) in [4.78, 5) is 21.5. The van der Waals surface area contributed by atoms with E-state index in [1.54, 1.807) is 29.5 Å². The fourth-order valence-corrected chi connectivity index (χ4v) is 4.47. The zero-order chi connectivity index (χ0) is 21.3. The maximum Gasteiger partial charge on any atom is 0.266 e. The SMILES string of the molecule is Cc1cn2c(/C=C(\C#N)C(=O)Nc3cc(Cl)ccc3N3CCOCC3)c(C)nc2s1. The van der Waals surface area contributed by atoms with Crippen LogP contribution < -0.4 is 10.2 Å². The van der Waals surface area contributed by atoms with Crippen LogP contribution in [0.15, 0.2) is 30.0 Å². The van der Waals surface area contributed by atoms with Crippen molar-refractivity contribution < 1.29 is 9.53 Å². The molecule has 0 bridgehead atoms. The number of thiazole rings is 1. The molecule has 9 heteroatoms. The van der Waals surface area contributed by atoms with Gasteiger partial charge >= 0.3 is 0 Å². The fourth-order valence-electron chi connectivity index (χ4n) is 3.42. The van der Waals surface area contributed by atoms with Crippen LogP contribution in [0.1, 0.15) is 16.3 Å². The standard InChI is InChI=1S/C21H20ClN5O2S/c1-13-12-27-19(14(2)24-21(27)30-13)9-15(11-23)20(28)25-17-10-16(22)3-4-18(17)26-5-7-29-8-6-26/h3-4,9-10,12H,5-8H2,1-2H3,(H,25,28)/b15-9+.